The Labute approximate surface area is 206 Å². The van der Waals surface area contributed by atoms with Crippen LogP contribution in [0.2, 0.25) is 25.7 Å². The number of aromatic nitrogens is 6. The highest BCUT2D eigenvalue weighted by Crippen LogP contribution is 2.40. The highest BCUT2D eigenvalue weighted by molar-refractivity contribution is 6.76. The first-order valence-electron chi connectivity index (χ1n) is 11.8. The van der Waals surface area contributed by atoms with Gasteiger partial charge in [0.1, 0.15) is 17.8 Å². The summed E-state index contributed by atoms with van der Waals surface area (Å²) in [7, 11) is -1.22. The number of ether oxygens (including phenoxy) is 2. The quantitative estimate of drug-likeness (QED) is 0.256. The maximum Gasteiger partial charge on any atom is 0.360 e. The number of nitrogens with zero attached hydrogens (tertiary/aromatic N) is 5. The van der Waals surface area contributed by atoms with Gasteiger partial charge in [-0.15, -0.1) is 5.10 Å². The number of carbonyl (C=O) groups is 1. The Morgan fingerprint density at radius 1 is 1.20 bits per heavy atom. The van der Waals surface area contributed by atoms with E-state index in [4.69, 9.17) is 14.6 Å². The van der Waals surface area contributed by atoms with Gasteiger partial charge < -0.3 is 9.47 Å². The van der Waals surface area contributed by atoms with Crippen molar-refractivity contribution in [2.45, 2.75) is 51.2 Å². The number of hydrogen-bond donors (Lipinski definition) is 1. The van der Waals surface area contributed by atoms with Gasteiger partial charge in [0, 0.05) is 14.7 Å². The smallest absolute Gasteiger partial charge is 0.360 e. The summed E-state index contributed by atoms with van der Waals surface area (Å²) in [6.45, 7) is 9.67. The summed E-state index contributed by atoms with van der Waals surface area (Å²) in [4.78, 5) is 18.8. The lowest BCUT2D eigenvalue weighted by Crippen LogP contribution is -2.31. The molecule has 0 aliphatic heterocycles. The van der Waals surface area contributed by atoms with E-state index in [1.54, 1.807) is 6.92 Å². The van der Waals surface area contributed by atoms with Gasteiger partial charge >= 0.3 is 5.97 Å². The molecule has 0 amide bonds. The molecule has 1 aliphatic carbocycles. The Balaban J connectivity index is 1.69. The first kappa shape index (κ1) is 24.7. The molecular formula is C25H32N6O3Si. The molecule has 0 radical (unpaired) electrons. The second-order valence-electron chi connectivity index (χ2n) is 9.71. The summed E-state index contributed by atoms with van der Waals surface area (Å²) < 4.78 is 11.2. The van der Waals surface area contributed by atoms with Crippen LogP contribution in [-0.2, 0) is 21.6 Å². The van der Waals surface area contributed by atoms with Crippen molar-refractivity contribution < 1.29 is 14.3 Å². The maximum absolute atomic E-state index is 12.9. The molecule has 3 aromatic rings. The van der Waals surface area contributed by atoms with E-state index in [2.05, 4.69) is 58.1 Å². The fourth-order valence-corrected chi connectivity index (χ4v) is 4.69. The summed E-state index contributed by atoms with van der Waals surface area (Å²) in [5.41, 5.74) is 1.95. The Morgan fingerprint density at radius 2 is 2.00 bits per heavy atom. The van der Waals surface area contributed by atoms with Gasteiger partial charge in [-0.05, 0) is 30.5 Å². The normalized spacial score (nSPS) is 17.9. The van der Waals surface area contributed by atoms with Crippen LogP contribution < -0.4 is 0 Å². The number of nitrogens with one attached hydrogen (secondary N) is 1. The number of carbonyl (C=O) groups excluding carboxylic acids is 1. The molecule has 0 fully saturated rings. The van der Waals surface area contributed by atoms with Crippen LogP contribution in [0.5, 0.6) is 0 Å². The summed E-state index contributed by atoms with van der Waals surface area (Å²) in [5, 5.41) is 16.2. The third kappa shape index (κ3) is 5.65. The van der Waals surface area contributed by atoms with Crippen molar-refractivity contribution in [2.75, 3.05) is 13.2 Å². The molecule has 1 N–H and O–H groups in total. The molecule has 1 aliphatic rings. The second kappa shape index (κ2) is 10.5. The Kier molecular flexibility index (Phi) is 7.41. The predicted octanol–water partition coefficient (Wildman–Crippen LogP) is 4.21. The highest BCUT2D eigenvalue weighted by atomic mass is 28.3. The molecule has 10 heteroatoms. The zero-order chi connectivity index (χ0) is 24.9. The van der Waals surface area contributed by atoms with Crippen LogP contribution in [-0.4, -0.2) is 57.4 Å². The minimum Gasteiger partial charge on any atom is -0.461 e. The van der Waals surface area contributed by atoms with Crippen LogP contribution in [0.4, 0.5) is 0 Å². The van der Waals surface area contributed by atoms with E-state index in [0.29, 0.717) is 24.5 Å². The summed E-state index contributed by atoms with van der Waals surface area (Å²) in [6.07, 6.45) is 8.13. The minimum absolute atomic E-state index is 0.151. The van der Waals surface area contributed by atoms with Gasteiger partial charge in [0.25, 0.3) is 0 Å². The fourth-order valence-electron chi connectivity index (χ4n) is 3.94. The minimum atomic E-state index is -1.22. The van der Waals surface area contributed by atoms with E-state index >= 15 is 0 Å². The Hall–Kier alpha value is -3.37. The van der Waals surface area contributed by atoms with E-state index < -0.39 is 19.5 Å². The van der Waals surface area contributed by atoms with Crippen LogP contribution in [0.25, 0.3) is 5.57 Å². The van der Waals surface area contributed by atoms with Gasteiger partial charge in [0.05, 0.1) is 12.0 Å². The number of benzene rings is 1. The van der Waals surface area contributed by atoms with E-state index in [1.807, 2.05) is 30.4 Å². The van der Waals surface area contributed by atoms with Crippen molar-refractivity contribution in [3.05, 3.63) is 77.7 Å². The fraction of sp³-hybridized carbons (Fsp3) is 0.400. The Bertz CT molecular complexity index is 1200. The topological polar surface area (TPSA) is 108 Å². The molecule has 0 saturated heterocycles. The number of hydrogen-bond acceptors (Lipinski definition) is 7. The molecule has 1 aromatic carbocycles. The third-order valence-corrected chi connectivity index (χ3v) is 7.59. The summed E-state index contributed by atoms with van der Waals surface area (Å²) >= 11 is 0. The van der Waals surface area contributed by atoms with Crippen LogP contribution in [0.1, 0.15) is 40.9 Å². The first-order valence-corrected chi connectivity index (χ1v) is 15.5. The van der Waals surface area contributed by atoms with Crippen LogP contribution >= 0.6 is 0 Å². The zero-order valence-electron chi connectivity index (χ0n) is 20.7. The average Bonchev–Trinajstić information content (AvgIpc) is 3.53. The molecular weight excluding hydrogens is 460 g/mol. The van der Waals surface area contributed by atoms with Crippen LogP contribution in [0.15, 0.2) is 54.9 Å². The number of rotatable bonds is 10. The number of H-pyrrole nitrogens is 1. The van der Waals surface area contributed by atoms with Crippen LogP contribution in [0.3, 0.4) is 0 Å². The van der Waals surface area contributed by atoms with Crippen molar-refractivity contribution in [2.24, 2.45) is 0 Å². The number of esters is 1. The molecule has 35 heavy (non-hydrogen) atoms. The van der Waals surface area contributed by atoms with E-state index in [9.17, 15) is 4.79 Å². The van der Waals surface area contributed by atoms with Gasteiger partial charge in [-0.2, -0.15) is 15.0 Å². The first-order chi connectivity index (χ1) is 16.8. The molecule has 2 heterocycles. The largest absolute Gasteiger partial charge is 0.461 e. The Morgan fingerprint density at radius 3 is 2.63 bits per heavy atom. The van der Waals surface area contributed by atoms with Crippen molar-refractivity contribution in [3.63, 3.8) is 0 Å². The standard InChI is InChI=1S/C25H32N6O3Si/c1-5-34-23(32)21-22(30-31(29-21)18-33-15-16-35(2,3)4)25(24-26-17-27-28-24)13-11-20(12-14-25)19-9-7-6-8-10-19/h6-13,17H,5,14-16,18H2,1-4H3,(H,26,27,28). The van der Waals surface area contributed by atoms with Crippen molar-refractivity contribution in [3.8, 4) is 0 Å². The van der Waals surface area contributed by atoms with E-state index in [1.165, 1.54) is 11.1 Å². The SMILES string of the molecule is CCOC(=O)c1nn(COCC[Si](C)(C)C)nc1C1(c2ncn[nH]2)C=CC(c2ccccc2)=CC1. The maximum atomic E-state index is 12.9. The van der Waals surface area contributed by atoms with Crippen molar-refractivity contribution in [1.82, 2.24) is 30.2 Å². The van der Waals surface area contributed by atoms with Crippen molar-refractivity contribution in [1.29, 1.82) is 0 Å². The van der Waals surface area contributed by atoms with Gasteiger partial charge in [-0.1, -0.05) is 68.2 Å². The molecule has 4 rings (SSSR count). The lowest BCUT2D eigenvalue weighted by atomic mass is 9.75. The molecule has 2 aromatic heterocycles. The van der Waals surface area contributed by atoms with Gasteiger partial charge in [-0.3, -0.25) is 5.10 Å². The molecule has 0 spiro atoms. The van der Waals surface area contributed by atoms with Gasteiger partial charge in [-0.25, -0.2) is 9.78 Å². The highest BCUT2D eigenvalue weighted by Gasteiger charge is 2.43. The molecule has 1 unspecified atom stereocenters. The van der Waals surface area contributed by atoms with Gasteiger partial charge in [0.2, 0.25) is 0 Å². The summed E-state index contributed by atoms with van der Waals surface area (Å²) in [6, 6.07) is 11.2. The summed E-state index contributed by atoms with van der Waals surface area (Å²) in [5.74, 6) is 0.0512. The lowest BCUT2D eigenvalue weighted by Gasteiger charge is -2.28. The molecule has 184 valence electrons. The van der Waals surface area contributed by atoms with Gasteiger partial charge in [0.15, 0.2) is 12.4 Å². The third-order valence-electron chi connectivity index (χ3n) is 5.89. The van der Waals surface area contributed by atoms with E-state index in [-0.39, 0.29) is 19.0 Å². The van der Waals surface area contributed by atoms with Crippen molar-refractivity contribution >= 4 is 19.6 Å². The number of aromatic amines is 1. The number of allylic oxidation sites excluding steroid dienone is 4. The zero-order valence-corrected chi connectivity index (χ0v) is 21.7. The molecule has 0 saturated carbocycles. The monoisotopic (exact) mass is 492 g/mol. The molecule has 1 atom stereocenters. The second-order valence-corrected chi connectivity index (χ2v) is 15.3. The van der Waals surface area contributed by atoms with Crippen LogP contribution in [0, 0.1) is 0 Å². The van der Waals surface area contributed by atoms with E-state index in [0.717, 1.165) is 17.2 Å². The average molecular weight is 493 g/mol. The molecule has 0 bridgehead atoms. The predicted molar refractivity (Wildman–Crippen MR) is 135 cm³/mol. The lowest BCUT2D eigenvalue weighted by molar-refractivity contribution is 0.0506. The molecule has 9 nitrogen and oxygen atoms in total.